The van der Waals surface area contributed by atoms with Crippen LogP contribution < -0.4 is 10.2 Å². The van der Waals surface area contributed by atoms with Crippen molar-refractivity contribution >= 4 is 17.4 Å². The Balaban J connectivity index is 2.02. The van der Waals surface area contributed by atoms with Gasteiger partial charge in [0, 0.05) is 16.8 Å². The molecule has 24 heavy (non-hydrogen) atoms. The highest BCUT2D eigenvalue weighted by Gasteiger charge is 2.22. The van der Waals surface area contributed by atoms with Gasteiger partial charge in [0.15, 0.2) is 11.8 Å². The first-order valence-corrected chi connectivity index (χ1v) is 8.17. The van der Waals surface area contributed by atoms with Gasteiger partial charge in [-0.25, -0.2) is 0 Å². The molecule has 2 N–H and O–H groups in total. The second-order valence-corrected chi connectivity index (χ2v) is 6.30. The Kier molecular flexibility index (Phi) is 5.88. The highest BCUT2D eigenvalue weighted by atomic mass is 16.2. The van der Waals surface area contributed by atoms with E-state index in [4.69, 9.17) is 0 Å². The zero-order valence-corrected chi connectivity index (χ0v) is 14.7. The molecule has 0 aliphatic heterocycles. The van der Waals surface area contributed by atoms with Crippen LogP contribution in [0, 0.1) is 6.92 Å². The summed E-state index contributed by atoms with van der Waals surface area (Å²) < 4.78 is 0. The van der Waals surface area contributed by atoms with E-state index in [0.29, 0.717) is 11.3 Å². The molecule has 0 heterocycles. The molecular formula is C20H25N2O2+. The predicted octanol–water partition coefficient (Wildman–Crippen LogP) is 2.24. The molecule has 0 spiro atoms. The second kappa shape index (κ2) is 7.88. The average molecular weight is 325 g/mol. The molecule has 1 unspecified atom stereocenters. The summed E-state index contributed by atoms with van der Waals surface area (Å²) in [7, 11) is 2.02. The van der Waals surface area contributed by atoms with Crippen molar-refractivity contribution in [3.8, 4) is 0 Å². The Bertz CT molecular complexity index is 740. The summed E-state index contributed by atoms with van der Waals surface area (Å²) in [4.78, 5) is 25.1. The molecule has 2 atom stereocenters. The van der Waals surface area contributed by atoms with Gasteiger partial charge in [-0.15, -0.1) is 0 Å². The van der Waals surface area contributed by atoms with E-state index in [0.717, 1.165) is 11.4 Å². The molecule has 1 amide bonds. The third-order valence-electron chi connectivity index (χ3n) is 4.40. The van der Waals surface area contributed by atoms with Crippen LogP contribution in [0.15, 0.2) is 48.5 Å². The lowest BCUT2D eigenvalue weighted by Gasteiger charge is -2.22. The number of rotatable bonds is 6. The average Bonchev–Trinajstić information content (AvgIpc) is 2.56. The lowest BCUT2D eigenvalue weighted by molar-refractivity contribution is -0.907. The van der Waals surface area contributed by atoms with Crippen molar-refractivity contribution in [1.29, 1.82) is 0 Å². The van der Waals surface area contributed by atoms with Crippen LogP contribution >= 0.6 is 0 Å². The van der Waals surface area contributed by atoms with Gasteiger partial charge in [0.2, 0.25) is 0 Å². The molecule has 0 saturated carbocycles. The SMILES string of the molecule is CC(=O)c1cccc(NC(=O)[C@@H](C)[NH+](C)Cc2ccccc2C)c1. The Morgan fingerprint density at radius 3 is 2.50 bits per heavy atom. The van der Waals surface area contributed by atoms with Crippen molar-refractivity contribution in [2.24, 2.45) is 0 Å². The van der Waals surface area contributed by atoms with Crippen LogP contribution in [0.25, 0.3) is 0 Å². The molecule has 0 aliphatic carbocycles. The number of aryl methyl sites for hydroxylation is 1. The predicted molar refractivity (Wildman–Crippen MR) is 96.3 cm³/mol. The molecule has 2 aromatic carbocycles. The normalized spacial score (nSPS) is 13.2. The van der Waals surface area contributed by atoms with Crippen molar-refractivity contribution < 1.29 is 14.5 Å². The molecule has 2 aromatic rings. The second-order valence-electron chi connectivity index (χ2n) is 6.30. The summed E-state index contributed by atoms with van der Waals surface area (Å²) in [6.07, 6.45) is 0. The number of hydrogen-bond acceptors (Lipinski definition) is 2. The molecule has 2 rings (SSSR count). The highest BCUT2D eigenvalue weighted by Crippen LogP contribution is 2.11. The summed E-state index contributed by atoms with van der Waals surface area (Å²) in [5.74, 6) is -0.0665. The molecule has 0 radical (unpaired) electrons. The highest BCUT2D eigenvalue weighted by molar-refractivity contribution is 5.97. The molecule has 4 nitrogen and oxygen atoms in total. The third-order valence-corrected chi connectivity index (χ3v) is 4.40. The van der Waals surface area contributed by atoms with Crippen molar-refractivity contribution in [1.82, 2.24) is 0 Å². The number of carbonyl (C=O) groups excluding carboxylic acids is 2. The van der Waals surface area contributed by atoms with Gasteiger partial charge in [0.25, 0.3) is 5.91 Å². The van der Waals surface area contributed by atoms with Crippen LogP contribution in [0.2, 0.25) is 0 Å². The molecule has 0 aromatic heterocycles. The van der Waals surface area contributed by atoms with E-state index in [1.165, 1.54) is 18.1 Å². The van der Waals surface area contributed by atoms with Gasteiger partial charge in [0.1, 0.15) is 6.54 Å². The van der Waals surface area contributed by atoms with Gasteiger partial charge >= 0.3 is 0 Å². The summed E-state index contributed by atoms with van der Waals surface area (Å²) >= 11 is 0. The van der Waals surface area contributed by atoms with Gasteiger partial charge in [-0.3, -0.25) is 9.59 Å². The van der Waals surface area contributed by atoms with Gasteiger partial charge in [-0.1, -0.05) is 36.4 Å². The molecule has 0 saturated heterocycles. The molecule has 126 valence electrons. The standard InChI is InChI=1S/C20H24N2O2/c1-14-8-5-6-9-18(14)13-22(4)15(2)20(24)21-19-11-7-10-17(12-19)16(3)23/h5-12,15H,13H2,1-4H3,(H,21,24)/p+1/t15-/m1/s1. The van der Waals surface area contributed by atoms with Crippen LogP contribution in [0.1, 0.15) is 35.3 Å². The lowest BCUT2D eigenvalue weighted by atomic mass is 10.1. The Morgan fingerprint density at radius 1 is 1.12 bits per heavy atom. The van der Waals surface area contributed by atoms with Crippen molar-refractivity contribution in [3.63, 3.8) is 0 Å². The number of hydrogen-bond donors (Lipinski definition) is 2. The van der Waals surface area contributed by atoms with E-state index < -0.39 is 0 Å². The van der Waals surface area contributed by atoms with Crippen molar-refractivity contribution in [2.45, 2.75) is 33.4 Å². The van der Waals surface area contributed by atoms with Crippen molar-refractivity contribution in [2.75, 3.05) is 12.4 Å². The number of ketones is 1. The minimum Gasteiger partial charge on any atom is -0.324 e. The number of benzene rings is 2. The van der Waals surface area contributed by atoms with E-state index in [-0.39, 0.29) is 17.7 Å². The van der Waals surface area contributed by atoms with Crippen molar-refractivity contribution in [3.05, 3.63) is 65.2 Å². The topological polar surface area (TPSA) is 50.6 Å². The largest absolute Gasteiger partial charge is 0.324 e. The number of carbonyl (C=O) groups is 2. The first kappa shape index (κ1) is 17.9. The van der Waals surface area contributed by atoms with E-state index in [2.05, 4.69) is 24.4 Å². The minimum atomic E-state index is -0.203. The fourth-order valence-electron chi connectivity index (χ4n) is 2.55. The molecule has 0 fully saturated rings. The fourth-order valence-corrected chi connectivity index (χ4v) is 2.55. The van der Waals surface area contributed by atoms with Crippen LogP contribution in [0.4, 0.5) is 5.69 Å². The van der Waals surface area contributed by atoms with Gasteiger partial charge in [0.05, 0.1) is 7.05 Å². The van der Waals surface area contributed by atoms with Gasteiger partial charge in [-0.05, 0) is 38.5 Å². The zero-order chi connectivity index (χ0) is 17.7. The lowest BCUT2D eigenvalue weighted by Crippen LogP contribution is -3.12. The Hall–Kier alpha value is -2.46. The number of amides is 1. The first-order valence-electron chi connectivity index (χ1n) is 8.17. The summed E-state index contributed by atoms with van der Waals surface area (Å²) in [6.45, 7) is 6.30. The monoisotopic (exact) mass is 325 g/mol. The minimum absolute atomic E-state index is 0.0126. The number of quaternary nitrogens is 1. The van der Waals surface area contributed by atoms with Crippen LogP contribution in [0.5, 0.6) is 0 Å². The zero-order valence-electron chi connectivity index (χ0n) is 14.7. The maximum atomic E-state index is 12.5. The number of likely N-dealkylation sites (N-methyl/N-ethyl adjacent to an activating group) is 1. The summed E-state index contributed by atoms with van der Waals surface area (Å²) in [5, 5.41) is 2.91. The van der Waals surface area contributed by atoms with Crippen LogP contribution in [0.3, 0.4) is 0 Å². The molecular weight excluding hydrogens is 300 g/mol. The maximum Gasteiger partial charge on any atom is 0.282 e. The first-order chi connectivity index (χ1) is 11.4. The van der Waals surface area contributed by atoms with Crippen LogP contribution in [-0.4, -0.2) is 24.8 Å². The number of anilines is 1. The Labute approximate surface area is 143 Å². The van der Waals surface area contributed by atoms with E-state index in [1.54, 1.807) is 24.3 Å². The smallest absolute Gasteiger partial charge is 0.282 e. The van der Waals surface area contributed by atoms with E-state index in [1.807, 2.05) is 26.1 Å². The number of Topliss-reactive ketones (excluding diaryl/α,β-unsaturated/α-hetero) is 1. The molecule has 0 bridgehead atoms. The number of nitrogens with one attached hydrogen (secondary N) is 2. The molecule has 0 aliphatic rings. The summed E-state index contributed by atoms with van der Waals surface area (Å²) in [6, 6.07) is 15.1. The molecule has 4 heteroatoms. The van der Waals surface area contributed by atoms with Crippen LogP contribution in [-0.2, 0) is 11.3 Å². The summed E-state index contributed by atoms with van der Waals surface area (Å²) in [5.41, 5.74) is 3.73. The Morgan fingerprint density at radius 2 is 1.83 bits per heavy atom. The van der Waals surface area contributed by atoms with Gasteiger partial charge in [-0.2, -0.15) is 0 Å². The van der Waals surface area contributed by atoms with Gasteiger partial charge < -0.3 is 10.2 Å². The maximum absolute atomic E-state index is 12.5. The fraction of sp³-hybridized carbons (Fsp3) is 0.300. The van der Waals surface area contributed by atoms with E-state index >= 15 is 0 Å². The third kappa shape index (κ3) is 4.52. The quantitative estimate of drug-likeness (QED) is 0.800. The van der Waals surface area contributed by atoms with E-state index in [9.17, 15) is 9.59 Å².